The number of carboxylic acid groups (broad SMARTS) is 1. The van der Waals surface area contributed by atoms with Crippen LogP contribution in [-0.4, -0.2) is 69.8 Å². The number of alkyl halides is 1. The van der Waals surface area contributed by atoms with Crippen molar-refractivity contribution in [2.24, 2.45) is 5.92 Å². The van der Waals surface area contributed by atoms with Crippen LogP contribution in [-0.2, 0) is 22.4 Å². The van der Waals surface area contributed by atoms with Crippen LogP contribution in [0.25, 0.3) is 10.9 Å². The summed E-state index contributed by atoms with van der Waals surface area (Å²) in [4.78, 5) is 19.3. The van der Waals surface area contributed by atoms with Crippen LogP contribution >= 0.6 is 0 Å². The number of halogens is 1. The van der Waals surface area contributed by atoms with Crippen molar-refractivity contribution in [1.82, 2.24) is 19.7 Å². The summed E-state index contributed by atoms with van der Waals surface area (Å²) in [6.45, 7) is 2.01. The standard InChI is InChI=1S/C31H40FN5O3/c1-40-25-16-24(17-25)37-28-21(18-34-37)6-4-9-26(28)29(31(38)39)36-15-13-22(19-36)27(32)10-3-2-8-23-12-11-20-7-5-14-33-30(20)35-23/h4,6,9,11-12,18,22,24-25,27,29H,2-3,5,7-8,10,13-17,19H2,1H3,(H,33,35)(H,38,39)/t22?,24-,25-,27-,29-/m1/s1. The molecule has 8 nitrogen and oxygen atoms in total. The van der Waals surface area contributed by atoms with Gasteiger partial charge in [-0.3, -0.25) is 14.4 Å². The predicted octanol–water partition coefficient (Wildman–Crippen LogP) is 5.34. The maximum atomic E-state index is 15.4. The van der Waals surface area contributed by atoms with Gasteiger partial charge in [0.25, 0.3) is 0 Å². The van der Waals surface area contributed by atoms with Gasteiger partial charge in [-0.2, -0.15) is 5.10 Å². The first-order valence-corrected chi connectivity index (χ1v) is 14.8. The molecular weight excluding hydrogens is 509 g/mol. The highest BCUT2D eigenvalue weighted by Crippen LogP contribution is 2.39. The average Bonchev–Trinajstić information content (AvgIpc) is 3.59. The van der Waals surface area contributed by atoms with Gasteiger partial charge in [0.2, 0.25) is 0 Å². The number of para-hydroxylation sites is 1. The summed E-state index contributed by atoms with van der Waals surface area (Å²) >= 11 is 0. The molecule has 1 aliphatic carbocycles. The van der Waals surface area contributed by atoms with Crippen LogP contribution in [0.1, 0.15) is 73.9 Å². The number of anilines is 1. The van der Waals surface area contributed by atoms with E-state index in [4.69, 9.17) is 9.72 Å². The fourth-order valence-electron chi connectivity index (χ4n) is 6.78. The van der Waals surface area contributed by atoms with Gasteiger partial charge in [0.15, 0.2) is 0 Å². The van der Waals surface area contributed by atoms with Crippen molar-refractivity contribution in [2.45, 2.75) is 82.1 Å². The van der Waals surface area contributed by atoms with Crippen LogP contribution < -0.4 is 5.32 Å². The number of hydrogen-bond acceptors (Lipinski definition) is 6. The molecule has 3 aliphatic rings. The minimum atomic E-state index is -0.931. The molecule has 9 heteroatoms. The summed E-state index contributed by atoms with van der Waals surface area (Å²) in [5, 5.41) is 19.3. The monoisotopic (exact) mass is 549 g/mol. The first kappa shape index (κ1) is 27.1. The van der Waals surface area contributed by atoms with E-state index in [2.05, 4.69) is 22.5 Å². The molecule has 2 fully saturated rings. The predicted molar refractivity (Wildman–Crippen MR) is 152 cm³/mol. The maximum absolute atomic E-state index is 15.4. The van der Waals surface area contributed by atoms with Crippen molar-refractivity contribution in [3.63, 3.8) is 0 Å². The van der Waals surface area contributed by atoms with E-state index < -0.39 is 18.2 Å². The molecule has 3 atom stereocenters. The topological polar surface area (TPSA) is 92.5 Å². The van der Waals surface area contributed by atoms with Crippen molar-refractivity contribution >= 4 is 22.7 Å². The molecule has 40 heavy (non-hydrogen) atoms. The number of aromatic nitrogens is 3. The minimum absolute atomic E-state index is 0.147. The number of rotatable bonds is 11. The van der Waals surface area contributed by atoms with Gasteiger partial charge in [-0.05, 0) is 69.5 Å². The third-order valence-corrected chi connectivity index (χ3v) is 9.17. The van der Waals surface area contributed by atoms with E-state index >= 15 is 4.39 Å². The summed E-state index contributed by atoms with van der Waals surface area (Å²) < 4.78 is 22.8. The first-order chi connectivity index (χ1) is 19.5. The molecule has 1 saturated carbocycles. The van der Waals surface area contributed by atoms with Crippen LogP contribution in [0, 0.1) is 5.92 Å². The highest BCUT2D eigenvalue weighted by molar-refractivity contribution is 5.88. The molecule has 4 heterocycles. The summed E-state index contributed by atoms with van der Waals surface area (Å²) in [7, 11) is 1.72. The third-order valence-electron chi connectivity index (χ3n) is 9.17. The van der Waals surface area contributed by atoms with Crippen LogP contribution in [0.2, 0.25) is 0 Å². The average molecular weight is 550 g/mol. The Labute approximate surface area is 234 Å². The van der Waals surface area contributed by atoms with E-state index in [1.807, 2.05) is 34.0 Å². The Bertz CT molecular complexity index is 1340. The fraction of sp³-hybridized carbons (Fsp3) is 0.581. The molecule has 1 saturated heterocycles. The Kier molecular flexibility index (Phi) is 8.03. The van der Waals surface area contributed by atoms with E-state index in [1.54, 1.807) is 7.11 Å². The number of hydrogen-bond donors (Lipinski definition) is 2. The second-order valence-corrected chi connectivity index (χ2v) is 11.7. The Hall–Kier alpha value is -3.04. The SMILES string of the molecule is CO[C@H]1C[C@H](n2ncc3cccc([C@H](C(=O)O)N4CCC([C@H](F)CCCCc5ccc6c(n5)NCCC6)C4)c32)C1. The number of pyridine rings is 1. The largest absolute Gasteiger partial charge is 0.480 e. The van der Waals surface area contributed by atoms with Gasteiger partial charge in [-0.1, -0.05) is 30.7 Å². The molecule has 0 spiro atoms. The van der Waals surface area contributed by atoms with E-state index in [0.717, 1.165) is 79.5 Å². The lowest BCUT2D eigenvalue weighted by Gasteiger charge is -2.35. The van der Waals surface area contributed by atoms with Crippen LogP contribution in [0.5, 0.6) is 0 Å². The van der Waals surface area contributed by atoms with Crippen LogP contribution in [0.4, 0.5) is 10.2 Å². The van der Waals surface area contributed by atoms with Crippen molar-refractivity contribution in [1.29, 1.82) is 0 Å². The first-order valence-electron chi connectivity index (χ1n) is 14.8. The van der Waals surface area contributed by atoms with Crippen molar-refractivity contribution in [3.8, 4) is 0 Å². The maximum Gasteiger partial charge on any atom is 0.325 e. The molecular formula is C31H40FN5O3. The van der Waals surface area contributed by atoms with Gasteiger partial charge in [0.05, 0.1) is 23.9 Å². The second-order valence-electron chi connectivity index (χ2n) is 11.7. The lowest BCUT2D eigenvalue weighted by molar-refractivity contribution is -0.143. The number of unbranched alkanes of at least 4 members (excludes halogenated alkanes) is 1. The zero-order valence-corrected chi connectivity index (χ0v) is 23.3. The Morgan fingerprint density at radius 1 is 1.25 bits per heavy atom. The number of likely N-dealkylation sites (tertiary alicyclic amines) is 1. The smallest absolute Gasteiger partial charge is 0.325 e. The molecule has 0 radical (unpaired) electrons. The molecule has 3 aromatic rings. The Morgan fingerprint density at radius 2 is 2.12 bits per heavy atom. The minimum Gasteiger partial charge on any atom is -0.480 e. The quantitative estimate of drug-likeness (QED) is 0.312. The normalized spacial score (nSPS) is 24.3. The van der Waals surface area contributed by atoms with Crippen LogP contribution in [0.3, 0.4) is 0 Å². The summed E-state index contributed by atoms with van der Waals surface area (Å²) in [6, 6.07) is 9.43. The number of ether oxygens (including phenoxy) is 1. The number of aryl methyl sites for hydroxylation is 2. The van der Waals surface area contributed by atoms with Gasteiger partial charge in [-0.15, -0.1) is 0 Å². The molecule has 2 aliphatic heterocycles. The molecule has 214 valence electrons. The zero-order valence-electron chi connectivity index (χ0n) is 23.3. The highest BCUT2D eigenvalue weighted by atomic mass is 19.1. The number of fused-ring (bicyclic) bond motifs is 2. The molecule has 6 rings (SSSR count). The Morgan fingerprint density at radius 3 is 2.95 bits per heavy atom. The molecule has 1 unspecified atom stereocenters. The number of methoxy groups -OCH3 is 1. The molecule has 2 N–H and O–H groups in total. The number of benzene rings is 1. The van der Waals surface area contributed by atoms with E-state index in [0.29, 0.717) is 25.9 Å². The number of nitrogens with one attached hydrogen (secondary N) is 1. The summed E-state index contributed by atoms with van der Waals surface area (Å²) in [5.41, 5.74) is 3.97. The number of aliphatic carboxylic acids is 1. The van der Waals surface area contributed by atoms with Gasteiger partial charge in [0.1, 0.15) is 18.0 Å². The van der Waals surface area contributed by atoms with Gasteiger partial charge in [-0.25, -0.2) is 9.37 Å². The number of nitrogens with zero attached hydrogens (tertiary/aromatic N) is 4. The van der Waals surface area contributed by atoms with Crippen molar-refractivity contribution < 1.29 is 19.0 Å². The molecule has 2 aromatic heterocycles. The molecule has 0 bridgehead atoms. The number of carboxylic acids is 1. The fourth-order valence-corrected chi connectivity index (χ4v) is 6.78. The van der Waals surface area contributed by atoms with Crippen LogP contribution in [0.15, 0.2) is 36.5 Å². The van der Waals surface area contributed by atoms with Crippen molar-refractivity contribution in [2.75, 3.05) is 32.1 Å². The third kappa shape index (κ3) is 5.46. The zero-order chi connectivity index (χ0) is 27.6. The van der Waals surface area contributed by atoms with E-state index in [9.17, 15) is 9.90 Å². The van der Waals surface area contributed by atoms with Gasteiger partial charge in [0, 0.05) is 42.8 Å². The summed E-state index contributed by atoms with van der Waals surface area (Å²) in [6.07, 6.45) is 8.80. The Balaban J connectivity index is 1.07. The number of carbonyl (C=O) groups is 1. The molecule has 1 aromatic carbocycles. The van der Waals surface area contributed by atoms with Gasteiger partial charge < -0.3 is 15.2 Å². The summed E-state index contributed by atoms with van der Waals surface area (Å²) in [5.74, 6) is -0.0328. The van der Waals surface area contributed by atoms with Crippen molar-refractivity contribution in [3.05, 3.63) is 53.3 Å². The lowest BCUT2D eigenvalue weighted by atomic mass is 9.89. The van der Waals surface area contributed by atoms with E-state index in [-0.39, 0.29) is 18.1 Å². The van der Waals surface area contributed by atoms with E-state index in [1.165, 1.54) is 5.56 Å². The highest BCUT2D eigenvalue weighted by Gasteiger charge is 2.39. The molecule has 0 amide bonds. The van der Waals surface area contributed by atoms with Gasteiger partial charge >= 0.3 is 5.97 Å². The second kappa shape index (κ2) is 11.8. The lowest BCUT2D eigenvalue weighted by Crippen LogP contribution is -2.35.